The Kier molecular flexibility index (Phi) is 5.36. The highest BCUT2D eigenvalue weighted by molar-refractivity contribution is 7.10. The van der Waals surface area contributed by atoms with Crippen molar-refractivity contribution in [2.75, 3.05) is 13.1 Å². The van der Waals surface area contributed by atoms with Gasteiger partial charge in [-0.25, -0.2) is 0 Å². The Bertz CT molecular complexity index is 692. The molecule has 2 heterocycles. The topological polar surface area (TPSA) is 32.3 Å². The summed E-state index contributed by atoms with van der Waals surface area (Å²) < 4.78 is 0. The van der Waals surface area contributed by atoms with Gasteiger partial charge in [0.1, 0.15) is 0 Å². The van der Waals surface area contributed by atoms with Gasteiger partial charge in [-0.05, 0) is 49.3 Å². The van der Waals surface area contributed by atoms with E-state index in [2.05, 4.69) is 66.7 Å². The van der Waals surface area contributed by atoms with E-state index in [1.165, 1.54) is 21.6 Å². The van der Waals surface area contributed by atoms with Crippen molar-refractivity contribution in [2.45, 2.75) is 45.7 Å². The molecule has 2 aromatic rings. The number of benzene rings is 1. The Morgan fingerprint density at radius 2 is 2.08 bits per heavy atom. The molecule has 24 heavy (non-hydrogen) atoms. The highest BCUT2D eigenvalue weighted by Crippen LogP contribution is 2.32. The maximum atomic E-state index is 12.6. The smallest absolute Gasteiger partial charge is 0.234 e. The number of thiophene rings is 1. The van der Waals surface area contributed by atoms with Crippen molar-refractivity contribution in [3.63, 3.8) is 0 Å². The van der Waals surface area contributed by atoms with Crippen LogP contribution in [-0.4, -0.2) is 23.9 Å². The van der Waals surface area contributed by atoms with Crippen molar-refractivity contribution in [3.05, 3.63) is 57.3 Å². The van der Waals surface area contributed by atoms with Crippen LogP contribution in [0, 0.1) is 6.92 Å². The second-order valence-electron chi connectivity index (χ2n) is 6.63. The first kappa shape index (κ1) is 17.2. The van der Waals surface area contributed by atoms with Crippen LogP contribution in [0.4, 0.5) is 0 Å². The van der Waals surface area contributed by atoms with Gasteiger partial charge in [0.2, 0.25) is 5.91 Å². The summed E-state index contributed by atoms with van der Waals surface area (Å²) in [6.45, 7) is 7.84. The highest BCUT2D eigenvalue weighted by atomic mass is 32.1. The van der Waals surface area contributed by atoms with Crippen LogP contribution in [0.2, 0.25) is 0 Å². The van der Waals surface area contributed by atoms with Crippen LogP contribution in [0.1, 0.15) is 53.9 Å². The third kappa shape index (κ3) is 3.70. The van der Waals surface area contributed by atoms with E-state index in [0.29, 0.717) is 12.6 Å². The van der Waals surface area contributed by atoms with Crippen molar-refractivity contribution < 1.29 is 4.79 Å². The minimum Gasteiger partial charge on any atom is -0.348 e. The van der Waals surface area contributed by atoms with Gasteiger partial charge in [0.15, 0.2) is 0 Å². The SMILES string of the molecule is CC[C@H](NC(=O)CN1CCc2sccc2[C@@H]1C)c1ccc(C)cc1. The average Bonchev–Trinajstić information content (AvgIpc) is 3.06. The van der Waals surface area contributed by atoms with Crippen LogP contribution in [0.3, 0.4) is 0 Å². The zero-order chi connectivity index (χ0) is 17.1. The van der Waals surface area contributed by atoms with Gasteiger partial charge in [0, 0.05) is 17.5 Å². The molecule has 0 aliphatic carbocycles. The summed E-state index contributed by atoms with van der Waals surface area (Å²) in [4.78, 5) is 16.3. The summed E-state index contributed by atoms with van der Waals surface area (Å²) in [5.41, 5.74) is 3.82. The minimum absolute atomic E-state index is 0.0925. The highest BCUT2D eigenvalue weighted by Gasteiger charge is 2.26. The van der Waals surface area contributed by atoms with Crippen molar-refractivity contribution in [2.24, 2.45) is 0 Å². The molecule has 0 fully saturated rings. The molecule has 3 rings (SSSR count). The van der Waals surface area contributed by atoms with Gasteiger partial charge in [-0.15, -0.1) is 11.3 Å². The summed E-state index contributed by atoms with van der Waals surface area (Å²) in [5, 5.41) is 5.37. The van der Waals surface area contributed by atoms with Crippen LogP contribution in [0.5, 0.6) is 0 Å². The lowest BCUT2D eigenvalue weighted by Crippen LogP contribution is -2.42. The molecule has 0 saturated carbocycles. The van der Waals surface area contributed by atoms with Gasteiger partial charge in [0.05, 0.1) is 12.6 Å². The van der Waals surface area contributed by atoms with Gasteiger partial charge in [-0.2, -0.15) is 0 Å². The first-order valence-corrected chi connectivity index (χ1v) is 9.62. The fourth-order valence-corrected chi connectivity index (χ4v) is 4.38. The summed E-state index contributed by atoms with van der Waals surface area (Å²) in [7, 11) is 0. The molecule has 1 aromatic carbocycles. The van der Waals surface area contributed by atoms with E-state index in [1.54, 1.807) is 0 Å². The molecule has 0 saturated heterocycles. The zero-order valence-electron chi connectivity index (χ0n) is 14.7. The molecule has 2 atom stereocenters. The molecule has 1 amide bonds. The fraction of sp³-hybridized carbons (Fsp3) is 0.450. The molecule has 0 spiro atoms. The third-order valence-electron chi connectivity index (χ3n) is 4.97. The molecule has 0 unspecified atom stereocenters. The van der Waals surface area contributed by atoms with E-state index in [9.17, 15) is 4.79 Å². The summed E-state index contributed by atoms with van der Waals surface area (Å²) in [6.07, 6.45) is 1.96. The second kappa shape index (κ2) is 7.49. The van der Waals surface area contributed by atoms with Crippen LogP contribution in [0.25, 0.3) is 0 Å². The van der Waals surface area contributed by atoms with Crippen molar-refractivity contribution >= 4 is 17.2 Å². The molecular weight excluding hydrogens is 316 g/mol. The van der Waals surface area contributed by atoms with Crippen LogP contribution in [-0.2, 0) is 11.2 Å². The van der Waals surface area contributed by atoms with Crippen molar-refractivity contribution in [1.29, 1.82) is 0 Å². The normalized spacial score (nSPS) is 18.9. The molecule has 128 valence electrons. The molecule has 3 nitrogen and oxygen atoms in total. The molecule has 0 bridgehead atoms. The Labute approximate surface area is 148 Å². The van der Waals surface area contributed by atoms with Crippen LogP contribution >= 0.6 is 11.3 Å². The maximum Gasteiger partial charge on any atom is 0.234 e. The number of carbonyl (C=O) groups is 1. The fourth-order valence-electron chi connectivity index (χ4n) is 3.42. The zero-order valence-corrected chi connectivity index (χ0v) is 15.5. The quantitative estimate of drug-likeness (QED) is 0.881. The molecule has 1 aliphatic rings. The number of hydrogen-bond donors (Lipinski definition) is 1. The minimum atomic E-state index is 0.0925. The molecule has 1 aliphatic heterocycles. The first-order valence-electron chi connectivity index (χ1n) is 8.74. The molecule has 0 radical (unpaired) electrons. The Morgan fingerprint density at radius 1 is 1.33 bits per heavy atom. The predicted molar refractivity (Wildman–Crippen MR) is 100 cm³/mol. The standard InChI is InChI=1S/C20H26N2OS/c1-4-18(16-7-5-14(2)6-8-16)21-20(23)13-22-11-9-19-17(15(22)3)10-12-24-19/h5-8,10,12,15,18H,4,9,11,13H2,1-3H3,(H,21,23)/t15-,18-/m0/s1. The maximum absolute atomic E-state index is 12.6. The number of amides is 1. The number of aryl methyl sites for hydroxylation is 1. The van der Waals surface area contributed by atoms with Gasteiger partial charge in [-0.3, -0.25) is 9.69 Å². The number of carbonyl (C=O) groups excluding carboxylic acids is 1. The second-order valence-corrected chi connectivity index (χ2v) is 7.64. The van der Waals surface area contributed by atoms with Crippen molar-refractivity contribution in [1.82, 2.24) is 10.2 Å². The monoisotopic (exact) mass is 342 g/mol. The summed E-state index contributed by atoms with van der Waals surface area (Å²) >= 11 is 1.84. The van der Waals surface area contributed by atoms with E-state index >= 15 is 0 Å². The number of fused-ring (bicyclic) bond motifs is 1. The lowest BCUT2D eigenvalue weighted by Gasteiger charge is -2.33. The van der Waals surface area contributed by atoms with E-state index in [4.69, 9.17) is 0 Å². The molecule has 1 N–H and O–H groups in total. The van der Waals surface area contributed by atoms with E-state index in [1.807, 2.05) is 11.3 Å². The molecule has 1 aromatic heterocycles. The number of nitrogens with zero attached hydrogens (tertiary/aromatic N) is 1. The third-order valence-corrected chi connectivity index (χ3v) is 5.97. The Balaban J connectivity index is 1.61. The number of hydrogen-bond acceptors (Lipinski definition) is 3. The number of nitrogens with one attached hydrogen (secondary N) is 1. The lowest BCUT2D eigenvalue weighted by atomic mass is 10.0. The first-order chi connectivity index (χ1) is 11.6. The molecule has 4 heteroatoms. The van der Waals surface area contributed by atoms with E-state index in [-0.39, 0.29) is 11.9 Å². The van der Waals surface area contributed by atoms with Gasteiger partial charge in [-0.1, -0.05) is 36.8 Å². The van der Waals surface area contributed by atoms with E-state index in [0.717, 1.165) is 19.4 Å². The Morgan fingerprint density at radius 3 is 2.79 bits per heavy atom. The van der Waals surface area contributed by atoms with Crippen LogP contribution < -0.4 is 5.32 Å². The largest absolute Gasteiger partial charge is 0.348 e. The summed E-state index contributed by atoms with van der Waals surface area (Å²) in [6, 6.07) is 11.1. The predicted octanol–water partition coefficient (Wildman–Crippen LogP) is 4.24. The van der Waals surface area contributed by atoms with E-state index < -0.39 is 0 Å². The number of rotatable bonds is 5. The molecular formula is C20H26N2OS. The van der Waals surface area contributed by atoms with Gasteiger partial charge >= 0.3 is 0 Å². The lowest BCUT2D eigenvalue weighted by molar-refractivity contribution is -0.123. The summed E-state index contributed by atoms with van der Waals surface area (Å²) in [5.74, 6) is 0.118. The Hall–Kier alpha value is -1.65. The average molecular weight is 343 g/mol. The van der Waals surface area contributed by atoms with Crippen molar-refractivity contribution in [3.8, 4) is 0 Å². The van der Waals surface area contributed by atoms with Gasteiger partial charge < -0.3 is 5.32 Å². The van der Waals surface area contributed by atoms with Crippen LogP contribution in [0.15, 0.2) is 35.7 Å². The van der Waals surface area contributed by atoms with Gasteiger partial charge in [0.25, 0.3) is 0 Å².